The van der Waals surface area contributed by atoms with E-state index in [0.717, 1.165) is 18.8 Å². The summed E-state index contributed by atoms with van der Waals surface area (Å²) in [5, 5.41) is 3.19. The summed E-state index contributed by atoms with van der Waals surface area (Å²) in [6, 6.07) is 0.454. The summed E-state index contributed by atoms with van der Waals surface area (Å²) in [4.78, 5) is 11.6. The van der Waals surface area contributed by atoms with Crippen LogP contribution in [0.25, 0.3) is 0 Å². The lowest BCUT2D eigenvalue weighted by atomic mass is 9.61. The molecule has 0 aromatic rings. The molecule has 15 heavy (non-hydrogen) atoms. The number of hydrogen-bond donors (Lipinski definition) is 1. The zero-order valence-electron chi connectivity index (χ0n) is 10.0. The van der Waals surface area contributed by atoms with Crippen molar-refractivity contribution >= 4 is 5.91 Å². The second kappa shape index (κ2) is 4.15. The van der Waals surface area contributed by atoms with E-state index in [1.165, 1.54) is 32.1 Å². The molecule has 1 saturated carbocycles. The van der Waals surface area contributed by atoms with E-state index in [2.05, 4.69) is 19.2 Å². The van der Waals surface area contributed by atoms with E-state index in [4.69, 9.17) is 0 Å². The lowest BCUT2D eigenvalue weighted by Gasteiger charge is -2.44. The Morgan fingerprint density at radius 1 is 1.33 bits per heavy atom. The molecule has 0 radical (unpaired) electrons. The highest BCUT2D eigenvalue weighted by Crippen LogP contribution is 2.51. The first kappa shape index (κ1) is 11.0. The van der Waals surface area contributed by atoms with Crippen molar-refractivity contribution < 1.29 is 4.79 Å². The van der Waals surface area contributed by atoms with Crippen LogP contribution in [0.15, 0.2) is 0 Å². The standard InChI is InChI=1S/C13H23NO/c1-3-10-7-5-6-8-13(10)9-12(15)14-11(13)4-2/h10-11H,3-9H2,1-2H3,(H,14,15). The number of carbonyl (C=O) groups is 1. The van der Waals surface area contributed by atoms with Crippen LogP contribution in [0.1, 0.15) is 58.8 Å². The minimum absolute atomic E-state index is 0.294. The minimum atomic E-state index is 0.294. The van der Waals surface area contributed by atoms with Gasteiger partial charge in [0.15, 0.2) is 0 Å². The molecule has 2 nitrogen and oxygen atoms in total. The number of hydrogen-bond acceptors (Lipinski definition) is 1. The maximum absolute atomic E-state index is 11.6. The van der Waals surface area contributed by atoms with Gasteiger partial charge in [-0.2, -0.15) is 0 Å². The molecule has 1 saturated heterocycles. The first-order chi connectivity index (χ1) is 7.23. The van der Waals surface area contributed by atoms with E-state index in [1.807, 2.05) is 0 Å². The summed E-state index contributed by atoms with van der Waals surface area (Å²) in [6.07, 6.45) is 8.43. The Kier molecular flexibility index (Phi) is 3.03. The second-order valence-corrected chi connectivity index (χ2v) is 5.29. The summed E-state index contributed by atoms with van der Waals surface area (Å²) in [7, 11) is 0. The number of carbonyl (C=O) groups excluding carboxylic acids is 1. The fourth-order valence-corrected chi connectivity index (χ4v) is 3.96. The summed E-state index contributed by atoms with van der Waals surface area (Å²) < 4.78 is 0. The van der Waals surface area contributed by atoms with Gasteiger partial charge in [-0.05, 0) is 25.2 Å². The van der Waals surface area contributed by atoms with E-state index in [9.17, 15) is 4.79 Å². The van der Waals surface area contributed by atoms with Crippen molar-refractivity contribution in [3.8, 4) is 0 Å². The molecular formula is C13H23NO. The highest BCUT2D eigenvalue weighted by Gasteiger charge is 2.50. The van der Waals surface area contributed by atoms with Gasteiger partial charge in [-0.3, -0.25) is 4.79 Å². The zero-order valence-corrected chi connectivity index (χ0v) is 10.0. The predicted molar refractivity (Wildman–Crippen MR) is 61.5 cm³/mol. The third-order valence-electron chi connectivity index (χ3n) is 4.68. The molecule has 86 valence electrons. The van der Waals surface area contributed by atoms with Crippen LogP contribution < -0.4 is 5.32 Å². The summed E-state index contributed by atoms with van der Waals surface area (Å²) in [6.45, 7) is 4.49. The minimum Gasteiger partial charge on any atom is -0.353 e. The van der Waals surface area contributed by atoms with Crippen LogP contribution in [-0.4, -0.2) is 11.9 Å². The van der Waals surface area contributed by atoms with Crippen molar-refractivity contribution in [3.63, 3.8) is 0 Å². The molecule has 0 aromatic heterocycles. The van der Waals surface area contributed by atoms with Gasteiger partial charge < -0.3 is 5.32 Å². The molecule has 0 aromatic carbocycles. The molecule has 1 N–H and O–H groups in total. The highest BCUT2D eigenvalue weighted by atomic mass is 16.2. The molecule has 2 heteroatoms. The van der Waals surface area contributed by atoms with Gasteiger partial charge >= 0.3 is 0 Å². The number of nitrogens with one attached hydrogen (secondary N) is 1. The smallest absolute Gasteiger partial charge is 0.220 e. The lowest BCUT2D eigenvalue weighted by molar-refractivity contribution is -0.120. The van der Waals surface area contributed by atoms with E-state index < -0.39 is 0 Å². The normalized spacial score (nSPS) is 40.8. The Labute approximate surface area is 92.8 Å². The Bertz CT molecular complexity index is 251. The zero-order chi connectivity index (χ0) is 10.9. The van der Waals surface area contributed by atoms with Gasteiger partial charge in [-0.15, -0.1) is 0 Å². The predicted octanol–water partition coefficient (Wildman–Crippen LogP) is 2.87. The van der Waals surface area contributed by atoms with Gasteiger partial charge in [0, 0.05) is 17.9 Å². The van der Waals surface area contributed by atoms with Crippen molar-refractivity contribution in [2.24, 2.45) is 11.3 Å². The second-order valence-electron chi connectivity index (χ2n) is 5.29. The molecule has 3 unspecified atom stereocenters. The Hall–Kier alpha value is -0.530. The average molecular weight is 209 g/mol. The molecule has 2 fully saturated rings. The first-order valence-corrected chi connectivity index (χ1v) is 6.52. The largest absolute Gasteiger partial charge is 0.353 e. The summed E-state index contributed by atoms with van der Waals surface area (Å²) >= 11 is 0. The monoisotopic (exact) mass is 209 g/mol. The molecule has 2 rings (SSSR count). The van der Waals surface area contributed by atoms with Crippen LogP contribution in [0.3, 0.4) is 0 Å². The van der Waals surface area contributed by atoms with E-state index in [0.29, 0.717) is 17.4 Å². The van der Waals surface area contributed by atoms with Gasteiger partial charge in [0.25, 0.3) is 0 Å². The fourth-order valence-electron chi connectivity index (χ4n) is 3.96. The SMILES string of the molecule is CCC1CCCCC12CC(=O)NC2CC. The Balaban J connectivity index is 2.23. The Morgan fingerprint density at radius 2 is 2.13 bits per heavy atom. The van der Waals surface area contributed by atoms with Crippen LogP contribution in [0.4, 0.5) is 0 Å². The lowest BCUT2D eigenvalue weighted by Crippen LogP contribution is -2.43. The molecule has 1 aliphatic carbocycles. The van der Waals surface area contributed by atoms with Crippen molar-refractivity contribution in [3.05, 3.63) is 0 Å². The number of rotatable bonds is 2. The Morgan fingerprint density at radius 3 is 2.80 bits per heavy atom. The van der Waals surface area contributed by atoms with Crippen molar-refractivity contribution in [2.45, 2.75) is 64.8 Å². The van der Waals surface area contributed by atoms with E-state index in [-0.39, 0.29) is 0 Å². The molecule has 2 aliphatic rings. The van der Waals surface area contributed by atoms with Gasteiger partial charge in [-0.25, -0.2) is 0 Å². The number of amides is 1. The third-order valence-corrected chi connectivity index (χ3v) is 4.68. The maximum atomic E-state index is 11.6. The van der Waals surface area contributed by atoms with Crippen LogP contribution in [-0.2, 0) is 4.79 Å². The van der Waals surface area contributed by atoms with Crippen molar-refractivity contribution in [2.75, 3.05) is 0 Å². The summed E-state index contributed by atoms with van der Waals surface area (Å²) in [5.41, 5.74) is 0.318. The van der Waals surface area contributed by atoms with Gasteiger partial charge in [0.05, 0.1) is 0 Å². The molecular weight excluding hydrogens is 186 g/mol. The fraction of sp³-hybridized carbons (Fsp3) is 0.923. The van der Waals surface area contributed by atoms with Gasteiger partial charge in [0.2, 0.25) is 5.91 Å². The van der Waals surface area contributed by atoms with E-state index in [1.54, 1.807) is 0 Å². The van der Waals surface area contributed by atoms with Crippen LogP contribution in [0, 0.1) is 11.3 Å². The highest BCUT2D eigenvalue weighted by molar-refractivity contribution is 5.80. The van der Waals surface area contributed by atoms with E-state index >= 15 is 0 Å². The molecule has 3 atom stereocenters. The van der Waals surface area contributed by atoms with Crippen molar-refractivity contribution in [1.82, 2.24) is 5.32 Å². The van der Waals surface area contributed by atoms with Crippen LogP contribution in [0.2, 0.25) is 0 Å². The van der Waals surface area contributed by atoms with Crippen LogP contribution >= 0.6 is 0 Å². The van der Waals surface area contributed by atoms with Gasteiger partial charge in [0.1, 0.15) is 0 Å². The van der Waals surface area contributed by atoms with Crippen LogP contribution in [0.5, 0.6) is 0 Å². The average Bonchev–Trinajstić information content (AvgIpc) is 2.56. The first-order valence-electron chi connectivity index (χ1n) is 6.52. The topological polar surface area (TPSA) is 29.1 Å². The molecule has 1 heterocycles. The van der Waals surface area contributed by atoms with Crippen molar-refractivity contribution in [1.29, 1.82) is 0 Å². The van der Waals surface area contributed by atoms with Gasteiger partial charge in [-0.1, -0.05) is 33.1 Å². The third kappa shape index (κ3) is 1.68. The molecule has 1 aliphatic heterocycles. The maximum Gasteiger partial charge on any atom is 0.220 e. The molecule has 1 spiro atoms. The summed E-state index contributed by atoms with van der Waals surface area (Å²) in [5.74, 6) is 1.07. The molecule has 0 bridgehead atoms. The quantitative estimate of drug-likeness (QED) is 0.744. The molecule has 1 amide bonds.